The molecule has 0 atom stereocenters. The van der Waals surface area contributed by atoms with Crippen LogP contribution in [0.1, 0.15) is 10.4 Å². The summed E-state index contributed by atoms with van der Waals surface area (Å²) in [5.74, 6) is -0.636. The first-order chi connectivity index (χ1) is 15.5. The van der Waals surface area contributed by atoms with Crippen LogP contribution in [0.3, 0.4) is 0 Å². The number of methoxy groups -OCH3 is 1. The van der Waals surface area contributed by atoms with Gasteiger partial charge in [-0.2, -0.15) is 13.9 Å². The number of hydrogen-bond acceptors (Lipinski definition) is 4. The van der Waals surface area contributed by atoms with Gasteiger partial charge >= 0.3 is 6.61 Å². The number of carbonyl (C=O) groups excluding carboxylic acids is 1. The zero-order valence-corrected chi connectivity index (χ0v) is 16.7. The standard InChI is InChI=1S/C22H17F3N4O3/c1-31-18-9-6-15(12-19(18)32-22(24)25)27-20(30)17-13-26-29(16-7-4-14(23)5-8-16)21(17)28-10-2-3-11-28/h2-13,22H,1H3,(H,27,30). The maximum Gasteiger partial charge on any atom is 0.387 e. The van der Waals surface area contributed by atoms with Crippen molar-refractivity contribution in [3.05, 3.63) is 84.6 Å². The number of nitrogens with zero attached hydrogens (tertiary/aromatic N) is 3. The van der Waals surface area contributed by atoms with Gasteiger partial charge in [0.15, 0.2) is 17.3 Å². The fraction of sp³-hybridized carbons (Fsp3) is 0.0909. The van der Waals surface area contributed by atoms with Gasteiger partial charge in [0.25, 0.3) is 5.91 Å². The molecule has 0 radical (unpaired) electrons. The maximum atomic E-state index is 13.4. The molecule has 1 amide bonds. The van der Waals surface area contributed by atoms with Crippen molar-refractivity contribution in [1.29, 1.82) is 0 Å². The Morgan fingerprint density at radius 1 is 1.06 bits per heavy atom. The number of aromatic nitrogens is 3. The van der Waals surface area contributed by atoms with Crippen molar-refractivity contribution >= 4 is 11.6 Å². The Kier molecular flexibility index (Phi) is 5.84. The molecule has 7 nitrogen and oxygen atoms in total. The first-order valence-corrected chi connectivity index (χ1v) is 9.38. The second-order valence-electron chi connectivity index (χ2n) is 6.56. The summed E-state index contributed by atoms with van der Waals surface area (Å²) in [6, 6.07) is 13.3. The molecule has 0 aliphatic heterocycles. The summed E-state index contributed by atoms with van der Waals surface area (Å²) in [6.45, 7) is -3.05. The van der Waals surface area contributed by atoms with Crippen molar-refractivity contribution < 1.29 is 27.4 Å². The van der Waals surface area contributed by atoms with Crippen LogP contribution in [0.2, 0.25) is 0 Å². The Morgan fingerprint density at radius 3 is 2.44 bits per heavy atom. The van der Waals surface area contributed by atoms with Crippen LogP contribution < -0.4 is 14.8 Å². The van der Waals surface area contributed by atoms with Gasteiger partial charge < -0.3 is 19.4 Å². The lowest BCUT2D eigenvalue weighted by Gasteiger charge is -2.13. The van der Waals surface area contributed by atoms with E-state index in [0.717, 1.165) is 0 Å². The summed E-state index contributed by atoms with van der Waals surface area (Å²) in [7, 11) is 1.32. The quantitative estimate of drug-likeness (QED) is 0.452. The molecule has 0 aliphatic carbocycles. The number of benzene rings is 2. The molecular weight excluding hydrogens is 425 g/mol. The van der Waals surface area contributed by atoms with Crippen LogP contribution in [0.25, 0.3) is 11.5 Å². The van der Waals surface area contributed by atoms with Crippen LogP contribution in [-0.4, -0.2) is 34.0 Å². The predicted molar refractivity (Wildman–Crippen MR) is 110 cm³/mol. The molecule has 10 heteroatoms. The molecule has 0 spiro atoms. The Labute approximate surface area is 180 Å². The van der Waals surface area contributed by atoms with E-state index in [2.05, 4.69) is 15.2 Å². The van der Waals surface area contributed by atoms with Gasteiger partial charge in [-0.3, -0.25) is 4.79 Å². The largest absolute Gasteiger partial charge is 0.493 e. The summed E-state index contributed by atoms with van der Waals surface area (Å²) < 4.78 is 51.4. The van der Waals surface area contributed by atoms with Crippen molar-refractivity contribution in [3.63, 3.8) is 0 Å². The highest BCUT2D eigenvalue weighted by atomic mass is 19.3. The van der Waals surface area contributed by atoms with Gasteiger partial charge in [0.2, 0.25) is 0 Å². The number of rotatable bonds is 7. The van der Waals surface area contributed by atoms with Crippen LogP contribution in [-0.2, 0) is 0 Å². The van der Waals surface area contributed by atoms with Crippen molar-refractivity contribution in [2.75, 3.05) is 12.4 Å². The summed E-state index contributed by atoms with van der Waals surface area (Å²) in [5, 5.41) is 6.94. The van der Waals surface area contributed by atoms with Crippen LogP contribution in [0, 0.1) is 5.82 Å². The van der Waals surface area contributed by atoms with Gasteiger partial charge in [-0.25, -0.2) is 9.07 Å². The minimum absolute atomic E-state index is 0.0976. The first-order valence-electron chi connectivity index (χ1n) is 9.38. The number of anilines is 1. The fourth-order valence-corrected chi connectivity index (χ4v) is 3.14. The average molecular weight is 442 g/mol. The van der Waals surface area contributed by atoms with Crippen molar-refractivity contribution in [1.82, 2.24) is 14.3 Å². The zero-order valence-electron chi connectivity index (χ0n) is 16.7. The molecule has 32 heavy (non-hydrogen) atoms. The minimum atomic E-state index is -3.05. The number of halogens is 3. The second kappa shape index (κ2) is 8.88. The van der Waals surface area contributed by atoms with Crippen LogP contribution >= 0.6 is 0 Å². The molecule has 2 heterocycles. The van der Waals surface area contributed by atoms with Gasteiger partial charge in [-0.05, 0) is 48.5 Å². The van der Waals surface area contributed by atoms with E-state index in [1.54, 1.807) is 29.1 Å². The molecule has 4 aromatic rings. The lowest BCUT2D eigenvalue weighted by atomic mass is 10.2. The van der Waals surface area contributed by atoms with Crippen LogP contribution in [0.5, 0.6) is 11.5 Å². The lowest BCUT2D eigenvalue weighted by molar-refractivity contribution is -0.0511. The van der Waals surface area contributed by atoms with Crippen LogP contribution in [0.15, 0.2) is 73.2 Å². The molecule has 2 aromatic carbocycles. The van der Waals surface area contributed by atoms with Gasteiger partial charge in [0, 0.05) is 24.1 Å². The normalized spacial score (nSPS) is 10.9. The molecule has 0 bridgehead atoms. The molecule has 2 aromatic heterocycles. The highest BCUT2D eigenvalue weighted by molar-refractivity contribution is 6.06. The van der Waals surface area contributed by atoms with Crippen molar-refractivity contribution in [2.24, 2.45) is 0 Å². The molecule has 0 fully saturated rings. The summed E-state index contributed by atoms with van der Waals surface area (Å²) >= 11 is 0. The van der Waals surface area contributed by atoms with Crippen LogP contribution in [0.4, 0.5) is 18.9 Å². The Hall–Kier alpha value is -4.21. The molecule has 0 saturated heterocycles. The Balaban J connectivity index is 1.70. The van der Waals surface area contributed by atoms with Gasteiger partial charge in [0.05, 0.1) is 19.0 Å². The number of alkyl halides is 2. The number of ether oxygens (including phenoxy) is 2. The van der Waals surface area contributed by atoms with E-state index < -0.39 is 18.3 Å². The topological polar surface area (TPSA) is 70.3 Å². The molecule has 0 unspecified atom stereocenters. The molecular formula is C22H17F3N4O3. The van der Waals surface area contributed by atoms with E-state index in [4.69, 9.17) is 4.74 Å². The molecule has 0 aliphatic rings. The summed E-state index contributed by atoms with van der Waals surface area (Å²) in [6.07, 6.45) is 4.83. The number of carbonyl (C=O) groups is 1. The van der Waals surface area contributed by atoms with Gasteiger partial charge in [-0.1, -0.05) is 0 Å². The van der Waals surface area contributed by atoms with Gasteiger partial charge in [0.1, 0.15) is 11.4 Å². The first kappa shape index (κ1) is 21.0. The SMILES string of the molecule is COc1ccc(NC(=O)c2cnn(-c3ccc(F)cc3)c2-n2cccc2)cc1OC(F)F. The van der Waals surface area contributed by atoms with E-state index in [9.17, 15) is 18.0 Å². The smallest absolute Gasteiger partial charge is 0.387 e. The number of hydrogen-bond donors (Lipinski definition) is 1. The van der Waals surface area contributed by atoms with Gasteiger partial charge in [-0.15, -0.1) is 0 Å². The maximum absolute atomic E-state index is 13.4. The molecule has 1 N–H and O–H groups in total. The minimum Gasteiger partial charge on any atom is -0.493 e. The third-order valence-electron chi connectivity index (χ3n) is 4.55. The fourth-order valence-electron chi connectivity index (χ4n) is 3.14. The predicted octanol–water partition coefficient (Wildman–Crippen LogP) is 4.66. The highest BCUT2D eigenvalue weighted by Crippen LogP contribution is 2.32. The van der Waals surface area contributed by atoms with E-state index in [-0.39, 0.29) is 22.7 Å². The van der Waals surface area contributed by atoms with E-state index >= 15 is 0 Å². The third kappa shape index (κ3) is 4.29. The van der Waals surface area contributed by atoms with E-state index in [0.29, 0.717) is 11.5 Å². The lowest BCUT2D eigenvalue weighted by Crippen LogP contribution is -2.15. The summed E-state index contributed by atoms with van der Waals surface area (Å²) in [4.78, 5) is 13.1. The average Bonchev–Trinajstić information content (AvgIpc) is 3.44. The number of amides is 1. The third-order valence-corrected chi connectivity index (χ3v) is 4.55. The Bertz CT molecular complexity index is 1220. The highest BCUT2D eigenvalue weighted by Gasteiger charge is 2.21. The van der Waals surface area contributed by atoms with E-state index in [1.165, 1.54) is 60.5 Å². The molecule has 4 rings (SSSR count). The zero-order chi connectivity index (χ0) is 22.7. The molecule has 164 valence electrons. The summed E-state index contributed by atoms with van der Waals surface area (Å²) in [5.41, 5.74) is 0.975. The Morgan fingerprint density at radius 2 is 1.78 bits per heavy atom. The van der Waals surface area contributed by atoms with Crippen molar-refractivity contribution in [2.45, 2.75) is 6.61 Å². The number of nitrogens with one attached hydrogen (secondary N) is 1. The van der Waals surface area contributed by atoms with E-state index in [1.807, 2.05) is 0 Å². The molecule has 0 saturated carbocycles. The monoisotopic (exact) mass is 442 g/mol. The second-order valence-corrected chi connectivity index (χ2v) is 6.56. The van der Waals surface area contributed by atoms with Crippen molar-refractivity contribution in [3.8, 4) is 23.0 Å².